The van der Waals surface area contributed by atoms with Gasteiger partial charge in [-0.15, -0.1) is 0 Å². The molecule has 1 amide bonds. The number of piperidine rings is 1. The lowest BCUT2D eigenvalue weighted by atomic mass is 9.97. The molecule has 5 nitrogen and oxygen atoms in total. The van der Waals surface area contributed by atoms with Gasteiger partial charge in [-0.1, -0.05) is 23.8 Å². The van der Waals surface area contributed by atoms with Gasteiger partial charge in [-0.25, -0.2) is 9.07 Å². The van der Waals surface area contributed by atoms with Crippen LogP contribution in [0.2, 0.25) is 0 Å². The summed E-state index contributed by atoms with van der Waals surface area (Å²) in [5.74, 6) is -0.403. The fourth-order valence-corrected chi connectivity index (χ4v) is 3.64. The summed E-state index contributed by atoms with van der Waals surface area (Å²) >= 11 is 0. The summed E-state index contributed by atoms with van der Waals surface area (Å²) in [5, 5.41) is 13.8. The number of likely N-dealkylation sites (tertiary alicyclic amines) is 1. The molecule has 0 aliphatic carbocycles. The van der Waals surface area contributed by atoms with E-state index in [1.807, 2.05) is 31.2 Å². The fraction of sp³-hybridized carbons (Fsp3) is 0.261. The smallest absolute Gasteiger partial charge is 0.257 e. The van der Waals surface area contributed by atoms with Crippen LogP contribution in [-0.4, -0.2) is 33.7 Å². The number of aryl methyl sites for hydroxylation is 1. The van der Waals surface area contributed by atoms with Crippen LogP contribution in [0.15, 0.2) is 54.7 Å². The van der Waals surface area contributed by atoms with Crippen molar-refractivity contribution in [3.63, 3.8) is 0 Å². The molecule has 4 rings (SSSR count). The zero-order chi connectivity index (χ0) is 20.4. The Balaban J connectivity index is 1.74. The highest BCUT2D eigenvalue weighted by atomic mass is 19.1. The molecule has 0 bridgehead atoms. The molecule has 6 heteroatoms. The monoisotopic (exact) mass is 388 g/mol. The van der Waals surface area contributed by atoms with Gasteiger partial charge in [0.25, 0.3) is 5.91 Å². The molecular formula is C23H21FN4O. The zero-order valence-corrected chi connectivity index (χ0v) is 16.2. The molecule has 0 atom stereocenters. The summed E-state index contributed by atoms with van der Waals surface area (Å²) in [5.41, 5.74) is 3.73. The van der Waals surface area contributed by atoms with E-state index in [9.17, 15) is 9.18 Å². The van der Waals surface area contributed by atoms with Crippen molar-refractivity contribution in [1.82, 2.24) is 14.7 Å². The lowest BCUT2D eigenvalue weighted by Crippen LogP contribution is -2.38. The largest absolute Gasteiger partial charge is 0.338 e. The average molecular weight is 388 g/mol. The highest BCUT2D eigenvalue weighted by Crippen LogP contribution is 2.27. The van der Waals surface area contributed by atoms with Crippen LogP contribution in [0.1, 0.15) is 28.8 Å². The predicted octanol–water partition coefficient (Wildman–Crippen LogP) is 4.36. The van der Waals surface area contributed by atoms with E-state index >= 15 is 0 Å². The predicted molar refractivity (Wildman–Crippen MR) is 108 cm³/mol. The second-order valence-electron chi connectivity index (χ2n) is 7.38. The van der Waals surface area contributed by atoms with E-state index in [4.69, 9.17) is 5.26 Å². The van der Waals surface area contributed by atoms with Crippen LogP contribution in [0.25, 0.3) is 16.9 Å². The van der Waals surface area contributed by atoms with Crippen LogP contribution in [0.5, 0.6) is 0 Å². The highest BCUT2D eigenvalue weighted by Gasteiger charge is 2.27. The summed E-state index contributed by atoms with van der Waals surface area (Å²) < 4.78 is 14.9. The summed E-state index contributed by atoms with van der Waals surface area (Å²) in [4.78, 5) is 15.1. The Labute approximate surface area is 169 Å². The molecule has 0 N–H and O–H groups in total. The molecule has 1 aromatic heterocycles. The quantitative estimate of drug-likeness (QED) is 0.670. The van der Waals surface area contributed by atoms with Crippen molar-refractivity contribution in [1.29, 1.82) is 5.26 Å². The number of carbonyl (C=O) groups excluding carboxylic acids is 1. The lowest BCUT2D eigenvalue weighted by Gasteiger charge is -2.29. The Kier molecular flexibility index (Phi) is 5.13. The maximum Gasteiger partial charge on any atom is 0.257 e. The number of amides is 1. The molecule has 1 aliphatic heterocycles. The minimum atomic E-state index is -0.323. The van der Waals surface area contributed by atoms with E-state index in [0.29, 0.717) is 42.9 Å². The van der Waals surface area contributed by atoms with Gasteiger partial charge < -0.3 is 4.90 Å². The van der Waals surface area contributed by atoms with Gasteiger partial charge in [-0.3, -0.25) is 4.79 Å². The van der Waals surface area contributed by atoms with E-state index in [0.717, 1.165) is 11.1 Å². The number of carbonyl (C=O) groups is 1. The first-order valence-electron chi connectivity index (χ1n) is 9.66. The first-order valence-corrected chi connectivity index (χ1v) is 9.66. The van der Waals surface area contributed by atoms with Gasteiger partial charge in [0, 0.05) is 30.8 Å². The van der Waals surface area contributed by atoms with Gasteiger partial charge in [0.05, 0.1) is 17.3 Å². The third-order valence-corrected chi connectivity index (χ3v) is 5.29. The Hall–Kier alpha value is -3.46. The molecule has 29 heavy (non-hydrogen) atoms. The van der Waals surface area contributed by atoms with Gasteiger partial charge in [-0.2, -0.15) is 10.4 Å². The van der Waals surface area contributed by atoms with Crippen molar-refractivity contribution in [3.05, 3.63) is 71.7 Å². The Morgan fingerprint density at radius 2 is 1.90 bits per heavy atom. The summed E-state index contributed by atoms with van der Waals surface area (Å²) in [6.45, 7) is 3.12. The van der Waals surface area contributed by atoms with Crippen LogP contribution in [0.3, 0.4) is 0 Å². The number of benzene rings is 2. The van der Waals surface area contributed by atoms with Crippen LogP contribution in [0.4, 0.5) is 4.39 Å². The van der Waals surface area contributed by atoms with Gasteiger partial charge >= 0.3 is 0 Å². The minimum Gasteiger partial charge on any atom is -0.338 e. The molecule has 1 saturated heterocycles. The van der Waals surface area contributed by atoms with Crippen molar-refractivity contribution < 1.29 is 9.18 Å². The van der Waals surface area contributed by atoms with Crippen molar-refractivity contribution >= 4 is 5.91 Å². The number of aromatic nitrogens is 2. The van der Waals surface area contributed by atoms with Crippen LogP contribution < -0.4 is 0 Å². The fourth-order valence-electron chi connectivity index (χ4n) is 3.64. The molecule has 0 saturated carbocycles. The third-order valence-electron chi connectivity index (χ3n) is 5.29. The molecule has 146 valence electrons. The van der Waals surface area contributed by atoms with E-state index in [-0.39, 0.29) is 17.6 Å². The SMILES string of the molecule is Cc1cccc(-c2nn(-c3ccc(F)cc3)cc2C(=O)N2CCC(C#N)CC2)c1. The molecule has 0 unspecified atom stereocenters. The van der Waals surface area contributed by atoms with Gasteiger partial charge in [0.15, 0.2) is 0 Å². The second-order valence-corrected chi connectivity index (χ2v) is 7.38. The molecule has 3 aromatic rings. The number of halogens is 1. The number of nitrogens with zero attached hydrogens (tertiary/aromatic N) is 4. The molecule has 2 aromatic carbocycles. The van der Waals surface area contributed by atoms with Gasteiger partial charge in [0.2, 0.25) is 0 Å². The normalized spacial score (nSPS) is 14.6. The van der Waals surface area contributed by atoms with Crippen LogP contribution >= 0.6 is 0 Å². The van der Waals surface area contributed by atoms with Gasteiger partial charge in [-0.05, 0) is 50.1 Å². The van der Waals surface area contributed by atoms with Crippen molar-refractivity contribution in [3.8, 4) is 23.0 Å². The number of rotatable bonds is 3. The molecule has 1 aliphatic rings. The zero-order valence-electron chi connectivity index (χ0n) is 16.2. The minimum absolute atomic E-state index is 0.0113. The summed E-state index contributed by atoms with van der Waals surface area (Å²) in [6.07, 6.45) is 3.09. The van der Waals surface area contributed by atoms with Crippen LogP contribution in [-0.2, 0) is 0 Å². The van der Waals surface area contributed by atoms with Crippen molar-refractivity contribution in [2.75, 3.05) is 13.1 Å². The van der Waals surface area contributed by atoms with Crippen LogP contribution in [0, 0.1) is 30.0 Å². The summed E-state index contributed by atoms with van der Waals surface area (Å²) in [6, 6.07) is 16.2. The highest BCUT2D eigenvalue weighted by molar-refractivity contribution is 6.00. The maximum absolute atomic E-state index is 13.3. The van der Waals surface area contributed by atoms with E-state index in [1.165, 1.54) is 12.1 Å². The standard InChI is InChI=1S/C23H21FN4O/c1-16-3-2-4-18(13-16)22-21(23(29)27-11-9-17(14-25)10-12-27)15-28(26-22)20-7-5-19(24)6-8-20/h2-8,13,15,17H,9-12H2,1H3. The number of nitriles is 1. The molecule has 0 spiro atoms. The topological polar surface area (TPSA) is 61.9 Å². The second kappa shape index (κ2) is 7.88. The molecule has 2 heterocycles. The van der Waals surface area contributed by atoms with Gasteiger partial charge in [0.1, 0.15) is 11.5 Å². The van der Waals surface area contributed by atoms with E-state index < -0.39 is 0 Å². The maximum atomic E-state index is 13.3. The molecule has 0 radical (unpaired) electrons. The van der Waals surface area contributed by atoms with E-state index in [1.54, 1.807) is 27.9 Å². The molecule has 1 fully saturated rings. The first-order chi connectivity index (χ1) is 14.0. The Morgan fingerprint density at radius 1 is 1.17 bits per heavy atom. The number of hydrogen-bond donors (Lipinski definition) is 0. The van der Waals surface area contributed by atoms with Crippen molar-refractivity contribution in [2.45, 2.75) is 19.8 Å². The lowest BCUT2D eigenvalue weighted by molar-refractivity contribution is 0.0708. The third kappa shape index (κ3) is 3.90. The van der Waals surface area contributed by atoms with E-state index in [2.05, 4.69) is 11.2 Å². The molecular weight excluding hydrogens is 367 g/mol. The van der Waals surface area contributed by atoms with Crippen molar-refractivity contribution in [2.24, 2.45) is 5.92 Å². The number of hydrogen-bond acceptors (Lipinski definition) is 3. The Bertz CT molecular complexity index is 1070. The average Bonchev–Trinajstić information content (AvgIpc) is 3.19. The first kappa shape index (κ1) is 18.9. The Morgan fingerprint density at radius 3 is 2.55 bits per heavy atom. The summed E-state index contributed by atoms with van der Waals surface area (Å²) in [7, 11) is 0.